The Morgan fingerprint density at radius 3 is 2.68 bits per heavy atom. The fourth-order valence-corrected chi connectivity index (χ4v) is 3.44. The maximum Gasteiger partial charge on any atom is 0.212 e. The zero-order chi connectivity index (χ0) is 18.9. The molecule has 0 aliphatic carbocycles. The van der Waals surface area contributed by atoms with Gasteiger partial charge in [0.1, 0.15) is 12.4 Å². The van der Waals surface area contributed by atoms with E-state index in [9.17, 15) is 8.42 Å². The monoisotopic (exact) mass is 369 g/mol. The van der Waals surface area contributed by atoms with Gasteiger partial charge in [-0.25, -0.2) is 13.1 Å². The molecule has 142 valence electrons. The molecule has 0 bridgehead atoms. The highest BCUT2D eigenvalue weighted by atomic mass is 32.2. The van der Waals surface area contributed by atoms with E-state index in [1.54, 1.807) is 6.08 Å². The Bertz CT molecular complexity index is 635. The van der Waals surface area contributed by atoms with Crippen LogP contribution in [0.4, 0.5) is 0 Å². The van der Waals surface area contributed by atoms with E-state index in [1.807, 2.05) is 31.2 Å². The van der Waals surface area contributed by atoms with Crippen LogP contribution in [0.1, 0.15) is 45.7 Å². The van der Waals surface area contributed by atoms with Gasteiger partial charge in [-0.15, -0.1) is 0 Å². The Morgan fingerprint density at radius 1 is 1.32 bits per heavy atom. The highest BCUT2D eigenvalue weighted by Gasteiger charge is 2.16. The third-order valence-electron chi connectivity index (χ3n) is 3.32. The van der Waals surface area contributed by atoms with Crippen molar-refractivity contribution in [3.05, 3.63) is 42.5 Å². The zero-order valence-electron chi connectivity index (χ0n) is 15.7. The lowest BCUT2D eigenvalue weighted by molar-refractivity contribution is 0.0720. The summed E-state index contributed by atoms with van der Waals surface area (Å²) in [6.07, 6.45) is 2.14. The van der Waals surface area contributed by atoms with Crippen molar-refractivity contribution in [3.63, 3.8) is 0 Å². The van der Waals surface area contributed by atoms with E-state index in [-0.39, 0.29) is 17.2 Å². The Labute approximate surface area is 152 Å². The van der Waals surface area contributed by atoms with Crippen molar-refractivity contribution in [1.82, 2.24) is 4.72 Å². The van der Waals surface area contributed by atoms with Crippen molar-refractivity contribution in [3.8, 4) is 5.75 Å². The fourth-order valence-electron chi connectivity index (χ4n) is 2.15. The Balaban J connectivity index is 2.48. The quantitative estimate of drug-likeness (QED) is 0.477. The van der Waals surface area contributed by atoms with Crippen LogP contribution in [0.15, 0.2) is 36.9 Å². The van der Waals surface area contributed by atoms with E-state index in [0.29, 0.717) is 32.0 Å². The Kier molecular flexibility index (Phi) is 8.62. The number of rotatable bonds is 11. The Morgan fingerprint density at radius 2 is 2.04 bits per heavy atom. The molecule has 1 atom stereocenters. The van der Waals surface area contributed by atoms with Gasteiger partial charge in [0.2, 0.25) is 10.0 Å². The van der Waals surface area contributed by atoms with Gasteiger partial charge >= 0.3 is 0 Å². The van der Waals surface area contributed by atoms with Gasteiger partial charge in [0, 0.05) is 12.6 Å². The predicted molar refractivity (Wildman–Crippen MR) is 102 cm³/mol. The summed E-state index contributed by atoms with van der Waals surface area (Å²) in [7, 11) is -3.36. The molecule has 0 fully saturated rings. The van der Waals surface area contributed by atoms with Crippen LogP contribution in [-0.4, -0.2) is 34.0 Å². The molecular formula is C19H31NO4S. The molecule has 1 aromatic rings. The standard InChI is InChI=1S/C19H31NO4S/c1-6-11-24-18-10-7-9-17(14-18)16(2)20-25(21,22)13-8-12-23-15-19(3,4)5/h6-7,9-10,14,16,20H,1,8,11-13,15H2,2-5H3/t16-/m1/s1. The van der Waals surface area contributed by atoms with Gasteiger partial charge in [0.15, 0.2) is 0 Å². The molecule has 5 nitrogen and oxygen atoms in total. The van der Waals surface area contributed by atoms with Crippen LogP contribution in [0, 0.1) is 5.41 Å². The number of nitrogens with one attached hydrogen (secondary N) is 1. The minimum Gasteiger partial charge on any atom is -0.490 e. The van der Waals surface area contributed by atoms with E-state index in [4.69, 9.17) is 9.47 Å². The largest absolute Gasteiger partial charge is 0.490 e. The first kappa shape index (κ1) is 21.7. The van der Waals surface area contributed by atoms with Crippen molar-refractivity contribution in [2.45, 2.75) is 40.2 Å². The van der Waals surface area contributed by atoms with Crippen molar-refractivity contribution in [1.29, 1.82) is 0 Å². The molecule has 6 heteroatoms. The van der Waals surface area contributed by atoms with Gasteiger partial charge in [0.25, 0.3) is 0 Å². The Hall–Kier alpha value is -1.37. The molecule has 1 N–H and O–H groups in total. The van der Waals surface area contributed by atoms with Crippen LogP contribution in [-0.2, 0) is 14.8 Å². The van der Waals surface area contributed by atoms with E-state index in [0.717, 1.165) is 5.56 Å². The molecule has 25 heavy (non-hydrogen) atoms. The zero-order valence-corrected chi connectivity index (χ0v) is 16.6. The van der Waals surface area contributed by atoms with Crippen LogP contribution in [0.25, 0.3) is 0 Å². The van der Waals surface area contributed by atoms with Crippen molar-refractivity contribution < 1.29 is 17.9 Å². The number of benzene rings is 1. The van der Waals surface area contributed by atoms with E-state index < -0.39 is 10.0 Å². The molecule has 0 aliphatic rings. The second-order valence-electron chi connectivity index (χ2n) is 7.30. The fraction of sp³-hybridized carbons (Fsp3) is 0.579. The first-order valence-electron chi connectivity index (χ1n) is 8.54. The summed E-state index contributed by atoms with van der Waals surface area (Å²) >= 11 is 0. The van der Waals surface area contributed by atoms with Gasteiger partial charge in [0.05, 0.1) is 12.4 Å². The molecule has 0 amide bonds. The van der Waals surface area contributed by atoms with Gasteiger partial charge in [-0.05, 0) is 36.5 Å². The molecule has 1 aromatic carbocycles. The SMILES string of the molecule is C=CCOc1cccc([C@@H](C)NS(=O)(=O)CCCOCC(C)(C)C)c1. The first-order valence-corrected chi connectivity index (χ1v) is 10.2. The average molecular weight is 370 g/mol. The lowest BCUT2D eigenvalue weighted by atomic mass is 9.99. The summed E-state index contributed by atoms with van der Waals surface area (Å²) in [5.41, 5.74) is 0.943. The van der Waals surface area contributed by atoms with Gasteiger partial charge in [-0.1, -0.05) is 45.6 Å². The summed E-state index contributed by atoms with van der Waals surface area (Å²) in [5, 5.41) is 0. The minimum atomic E-state index is -3.36. The van der Waals surface area contributed by atoms with Crippen LogP contribution < -0.4 is 9.46 Å². The number of hydrogen-bond acceptors (Lipinski definition) is 4. The molecule has 1 rings (SSSR count). The number of ether oxygens (including phenoxy) is 2. The third kappa shape index (κ3) is 9.63. The molecule has 0 radical (unpaired) electrons. The third-order valence-corrected chi connectivity index (χ3v) is 4.86. The molecule has 0 saturated carbocycles. The van der Waals surface area contributed by atoms with Crippen molar-refractivity contribution >= 4 is 10.0 Å². The maximum absolute atomic E-state index is 12.2. The molecule has 0 heterocycles. The summed E-state index contributed by atoms with van der Waals surface area (Å²) in [5.74, 6) is 0.743. The minimum absolute atomic E-state index is 0.0497. The summed E-state index contributed by atoms with van der Waals surface area (Å²) in [6.45, 7) is 13.2. The normalized spacial score (nSPS) is 13.4. The molecule has 0 aliphatic heterocycles. The number of sulfonamides is 1. The lowest BCUT2D eigenvalue weighted by Crippen LogP contribution is -2.29. The summed E-state index contributed by atoms with van der Waals surface area (Å²) < 4.78 is 38.1. The van der Waals surface area contributed by atoms with Gasteiger partial charge < -0.3 is 9.47 Å². The number of hydrogen-bond donors (Lipinski definition) is 1. The first-order chi connectivity index (χ1) is 11.6. The molecule has 0 unspecified atom stereocenters. The molecule has 0 spiro atoms. The second kappa shape index (κ2) is 9.94. The van der Waals surface area contributed by atoms with Crippen LogP contribution in [0.5, 0.6) is 5.75 Å². The van der Waals surface area contributed by atoms with E-state index in [2.05, 4.69) is 32.1 Å². The van der Waals surface area contributed by atoms with Crippen LogP contribution >= 0.6 is 0 Å². The highest BCUT2D eigenvalue weighted by molar-refractivity contribution is 7.89. The van der Waals surface area contributed by atoms with Crippen molar-refractivity contribution in [2.24, 2.45) is 5.41 Å². The molecule has 0 aromatic heterocycles. The summed E-state index contributed by atoms with van der Waals surface area (Å²) in [6, 6.07) is 7.07. The van der Waals surface area contributed by atoms with Crippen LogP contribution in [0.3, 0.4) is 0 Å². The second-order valence-corrected chi connectivity index (χ2v) is 9.17. The van der Waals surface area contributed by atoms with Crippen molar-refractivity contribution in [2.75, 3.05) is 25.6 Å². The average Bonchev–Trinajstić information content (AvgIpc) is 2.51. The summed E-state index contributed by atoms with van der Waals surface area (Å²) in [4.78, 5) is 0. The smallest absolute Gasteiger partial charge is 0.212 e. The lowest BCUT2D eigenvalue weighted by Gasteiger charge is -2.18. The topological polar surface area (TPSA) is 64.6 Å². The molecular weight excluding hydrogens is 338 g/mol. The van der Waals surface area contributed by atoms with Gasteiger partial charge in [-0.2, -0.15) is 0 Å². The van der Waals surface area contributed by atoms with Gasteiger partial charge in [-0.3, -0.25) is 0 Å². The predicted octanol–water partition coefficient (Wildman–Crippen LogP) is 3.68. The highest BCUT2D eigenvalue weighted by Crippen LogP contribution is 2.20. The molecule has 0 saturated heterocycles. The van der Waals surface area contributed by atoms with E-state index >= 15 is 0 Å². The van der Waals surface area contributed by atoms with E-state index in [1.165, 1.54) is 0 Å². The maximum atomic E-state index is 12.2. The van der Waals surface area contributed by atoms with Crippen LogP contribution in [0.2, 0.25) is 0 Å².